The fourth-order valence-corrected chi connectivity index (χ4v) is 4.57. The summed E-state index contributed by atoms with van der Waals surface area (Å²) in [7, 11) is 3.40. The van der Waals surface area contributed by atoms with E-state index in [1.807, 2.05) is 43.3 Å². The zero-order valence-electron chi connectivity index (χ0n) is 18.9. The molecular formula is C25H30N4O3. The summed E-state index contributed by atoms with van der Waals surface area (Å²) in [5.74, 6) is -0.438. The molecule has 0 radical (unpaired) electrons. The molecule has 32 heavy (non-hydrogen) atoms. The van der Waals surface area contributed by atoms with Crippen molar-refractivity contribution in [1.82, 2.24) is 10.2 Å². The van der Waals surface area contributed by atoms with Crippen LogP contribution in [0.1, 0.15) is 48.1 Å². The number of amides is 3. The molecule has 2 aromatic carbocycles. The van der Waals surface area contributed by atoms with E-state index in [1.165, 1.54) is 4.90 Å². The first-order chi connectivity index (χ1) is 15.4. The van der Waals surface area contributed by atoms with Gasteiger partial charge in [0, 0.05) is 26.2 Å². The molecule has 4 rings (SSSR count). The number of carbonyl (C=O) groups excluding carboxylic acids is 3. The van der Waals surface area contributed by atoms with Gasteiger partial charge in [-0.2, -0.15) is 0 Å². The lowest BCUT2D eigenvalue weighted by Gasteiger charge is -2.45. The summed E-state index contributed by atoms with van der Waals surface area (Å²) in [5, 5.41) is 3.00. The van der Waals surface area contributed by atoms with Gasteiger partial charge in [-0.3, -0.25) is 19.3 Å². The van der Waals surface area contributed by atoms with Gasteiger partial charge in [-0.05, 0) is 49.9 Å². The predicted molar refractivity (Wildman–Crippen MR) is 125 cm³/mol. The molecule has 1 fully saturated rings. The Morgan fingerprint density at radius 3 is 2.56 bits per heavy atom. The number of rotatable bonds is 5. The van der Waals surface area contributed by atoms with Gasteiger partial charge in [-0.25, -0.2) is 0 Å². The monoisotopic (exact) mass is 434 g/mol. The van der Waals surface area contributed by atoms with Crippen molar-refractivity contribution in [2.75, 3.05) is 37.0 Å². The zero-order valence-corrected chi connectivity index (χ0v) is 18.9. The van der Waals surface area contributed by atoms with E-state index in [0.29, 0.717) is 11.3 Å². The van der Waals surface area contributed by atoms with Crippen LogP contribution < -0.4 is 15.1 Å². The molecule has 2 aromatic rings. The standard InChI is InChI=1S/C25H30N4O3/c1-17(18-9-5-4-6-10-18)26-23(30)16-29-22-15-19(24(31)27(2)3)12-13-20(22)28-14-8-7-11-21(28)25(29)32/h4-6,9-10,12-13,15,17,21H,7-8,11,14,16H2,1-3H3,(H,26,30)/t17-,21+/m1/s1. The van der Waals surface area contributed by atoms with E-state index in [1.54, 1.807) is 31.1 Å². The molecule has 3 amide bonds. The molecule has 0 aliphatic carbocycles. The number of anilines is 2. The number of benzene rings is 2. The number of hydrogen-bond acceptors (Lipinski definition) is 4. The van der Waals surface area contributed by atoms with Crippen LogP contribution in [0.3, 0.4) is 0 Å². The molecule has 2 aliphatic rings. The molecule has 0 saturated carbocycles. The maximum Gasteiger partial charge on any atom is 0.253 e. The molecule has 2 aliphatic heterocycles. The van der Waals surface area contributed by atoms with Crippen LogP contribution in [-0.4, -0.2) is 55.8 Å². The second kappa shape index (κ2) is 9.02. The average Bonchev–Trinajstić information content (AvgIpc) is 2.81. The Balaban J connectivity index is 1.63. The minimum absolute atomic E-state index is 0.0748. The van der Waals surface area contributed by atoms with E-state index in [2.05, 4.69) is 10.2 Å². The minimum atomic E-state index is -0.258. The molecule has 2 atom stereocenters. The van der Waals surface area contributed by atoms with E-state index < -0.39 is 0 Å². The van der Waals surface area contributed by atoms with Crippen LogP contribution >= 0.6 is 0 Å². The van der Waals surface area contributed by atoms with Gasteiger partial charge in [-0.15, -0.1) is 0 Å². The van der Waals surface area contributed by atoms with E-state index in [4.69, 9.17) is 0 Å². The Bertz CT molecular complexity index is 1020. The first-order valence-corrected chi connectivity index (χ1v) is 11.1. The highest BCUT2D eigenvalue weighted by Gasteiger charge is 2.40. The van der Waals surface area contributed by atoms with Crippen molar-refractivity contribution >= 4 is 29.1 Å². The first-order valence-electron chi connectivity index (χ1n) is 11.1. The third-order valence-electron chi connectivity index (χ3n) is 6.26. The zero-order chi connectivity index (χ0) is 22.8. The summed E-state index contributed by atoms with van der Waals surface area (Å²) in [5.41, 5.74) is 3.04. The molecule has 2 heterocycles. The molecule has 0 unspecified atom stereocenters. The number of piperidine rings is 1. The largest absolute Gasteiger partial charge is 0.358 e. The van der Waals surface area contributed by atoms with Gasteiger partial charge in [0.05, 0.1) is 17.4 Å². The van der Waals surface area contributed by atoms with Gasteiger partial charge in [0.1, 0.15) is 12.6 Å². The van der Waals surface area contributed by atoms with Gasteiger partial charge in [-0.1, -0.05) is 30.3 Å². The SMILES string of the molecule is C[C@@H](NC(=O)CN1C(=O)[C@@H]2CCCCN2c2ccc(C(=O)N(C)C)cc21)c1ccccc1. The maximum absolute atomic E-state index is 13.4. The highest BCUT2D eigenvalue weighted by Crippen LogP contribution is 2.40. The summed E-state index contributed by atoms with van der Waals surface area (Å²) >= 11 is 0. The van der Waals surface area contributed by atoms with Crippen molar-refractivity contribution in [2.45, 2.75) is 38.3 Å². The lowest BCUT2D eigenvalue weighted by Crippen LogP contribution is -2.57. The summed E-state index contributed by atoms with van der Waals surface area (Å²) in [4.78, 5) is 44.1. The molecular weight excluding hydrogens is 404 g/mol. The van der Waals surface area contributed by atoms with Crippen molar-refractivity contribution in [3.05, 3.63) is 59.7 Å². The fraction of sp³-hybridized carbons (Fsp3) is 0.400. The smallest absolute Gasteiger partial charge is 0.253 e. The van der Waals surface area contributed by atoms with E-state index in [0.717, 1.165) is 37.1 Å². The van der Waals surface area contributed by atoms with Crippen LogP contribution in [-0.2, 0) is 9.59 Å². The van der Waals surface area contributed by atoms with Crippen molar-refractivity contribution in [3.63, 3.8) is 0 Å². The van der Waals surface area contributed by atoms with Crippen LogP contribution in [0.4, 0.5) is 11.4 Å². The van der Waals surface area contributed by atoms with E-state index >= 15 is 0 Å². The minimum Gasteiger partial charge on any atom is -0.358 e. The fourth-order valence-electron chi connectivity index (χ4n) is 4.57. The topological polar surface area (TPSA) is 73.0 Å². The van der Waals surface area contributed by atoms with Gasteiger partial charge >= 0.3 is 0 Å². The normalized spacial score (nSPS) is 18.5. The molecule has 0 spiro atoms. The van der Waals surface area contributed by atoms with Crippen molar-refractivity contribution in [1.29, 1.82) is 0 Å². The van der Waals surface area contributed by atoms with E-state index in [-0.39, 0.29) is 36.3 Å². The lowest BCUT2D eigenvalue weighted by atomic mass is 9.95. The summed E-state index contributed by atoms with van der Waals surface area (Å²) in [6.45, 7) is 2.65. The Hall–Kier alpha value is -3.35. The van der Waals surface area contributed by atoms with Gasteiger partial charge in [0.2, 0.25) is 11.8 Å². The molecule has 1 saturated heterocycles. The second-order valence-corrected chi connectivity index (χ2v) is 8.73. The Labute approximate surface area is 189 Å². The molecule has 7 heteroatoms. The Morgan fingerprint density at radius 2 is 1.84 bits per heavy atom. The quantitative estimate of drug-likeness (QED) is 0.785. The van der Waals surface area contributed by atoms with Crippen LogP contribution in [0.5, 0.6) is 0 Å². The first kappa shape index (κ1) is 21.9. The molecule has 0 bridgehead atoms. The molecule has 168 valence electrons. The van der Waals surface area contributed by atoms with Crippen LogP contribution in [0, 0.1) is 0 Å². The maximum atomic E-state index is 13.4. The van der Waals surface area contributed by atoms with Gasteiger partial charge in [0.25, 0.3) is 5.91 Å². The highest BCUT2D eigenvalue weighted by atomic mass is 16.2. The number of hydrogen-bond donors (Lipinski definition) is 1. The van der Waals surface area contributed by atoms with Gasteiger partial charge < -0.3 is 15.1 Å². The van der Waals surface area contributed by atoms with Crippen LogP contribution in [0.25, 0.3) is 0 Å². The summed E-state index contributed by atoms with van der Waals surface area (Å²) < 4.78 is 0. The highest BCUT2D eigenvalue weighted by molar-refractivity contribution is 6.09. The second-order valence-electron chi connectivity index (χ2n) is 8.73. The van der Waals surface area contributed by atoms with Gasteiger partial charge in [0.15, 0.2) is 0 Å². The number of fused-ring (bicyclic) bond motifs is 3. The van der Waals surface area contributed by atoms with Crippen LogP contribution in [0.2, 0.25) is 0 Å². The van der Waals surface area contributed by atoms with Crippen LogP contribution in [0.15, 0.2) is 48.5 Å². The number of nitrogens with zero attached hydrogens (tertiary/aromatic N) is 3. The van der Waals surface area contributed by atoms with Crippen molar-refractivity contribution in [3.8, 4) is 0 Å². The molecule has 1 N–H and O–H groups in total. The average molecular weight is 435 g/mol. The third-order valence-corrected chi connectivity index (χ3v) is 6.26. The summed E-state index contributed by atoms with van der Waals surface area (Å²) in [6.07, 6.45) is 2.79. The Kier molecular flexibility index (Phi) is 6.17. The third kappa shape index (κ3) is 4.20. The number of nitrogens with one attached hydrogen (secondary N) is 1. The number of carbonyl (C=O) groups is 3. The van der Waals surface area contributed by atoms with Crippen molar-refractivity contribution < 1.29 is 14.4 Å². The molecule has 0 aromatic heterocycles. The lowest BCUT2D eigenvalue weighted by molar-refractivity contribution is -0.125. The molecule has 7 nitrogen and oxygen atoms in total. The van der Waals surface area contributed by atoms with Crippen molar-refractivity contribution in [2.24, 2.45) is 0 Å². The van der Waals surface area contributed by atoms with E-state index in [9.17, 15) is 14.4 Å². The summed E-state index contributed by atoms with van der Waals surface area (Å²) in [6, 6.07) is 14.8. The Morgan fingerprint density at radius 1 is 1.09 bits per heavy atom. The predicted octanol–water partition coefficient (Wildman–Crippen LogP) is 2.97.